The van der Waals surface area contributed by atoms with Crippen LogP contribution in [-0.4, -0.2) is 46.1 Å². The van der Waals surface area contributed by atoms with E-state index in [-0.39, 0.29) is 12.3 Å². The van der Waals surface area contributed by atoms with Gasteiger partial charge in [-0.3, -0.25) is 9.59 Å². The summed E-state index contributed by atoms with van der Waals surface area (Å²) in [6.45, 7) is 6.35. The van der Waals surface area contributed by atoms with Crippen molar-refractivity contribution in [2.75, 3.05) is 6.54 Å². The van der Waals surface area contributed by atoms with Gasteiger partial charge < -0.3 is 25.4 Å². The number of carbonyl (C=O) groups excluding carboxylic acids is 3. The number of phenolic OH excluding ortho intramolecular Hbond substituents is 1. The number of carbonyl (C=O) groups is 3. The van der Waals surface area contributed by atoms with Gasteiger partial charge in [0.25, 0.3) is 0 Å². The van der Waals surface area contributed by atoms with Gasteiger partial charge in [0.15, 0.2) is 0 Å². The second-order valence-corrected chi connectivity index (χ2v) is 8.69. The smallest absolute Gasteiger partial charge is 0.408 e. The topological polar surface area (TPSA) is 132 Å². The average Bonchev–Trinajstić information content (AvgIpc) is 2.77. The summed E-state index contributed by atoms with van der Waals surface area (Å²) in [4.78, 5) is 39.8. The third-order valence-electron chi connectivity index (χ3n) is 4.71. The lowest BCUT2D eigenvalue weighted by Crippen LogP contribution is -2.52. The van der Waals surface area contributed by atoms with Gasteiger partial charge in [0.1, 0.15) is 30.0 Å². The van der Waals surface area contributed by atoms with Gasteiger partial charge in [0, 0.05) is 6.54 Å². The predicted octanol–water partition coefficient (Wildman–Crippen LogP) is 3.02. The second-order valence-electron chi connectivity index (χ2n) is 8.69. The quantitative estimate of drug-likeness (QED) is 0.513. The van der Waals surface area contributed by atoms with E-state index in [1.165, 1.54) is 31.2 Å². The molecule has 0 saturated carbocycles. The largest absolute Gasteiger partial charge is 0.508 e. The fourth-order valence-corrected chi connectivity index (χ4v) is 3.18. The molecule has 180 valence electrons. The van der Waals surface area contributed by atoms with Crippen molar-refractivity contribution in [3.8, 4) is 11.8 Å². The molecule has 0 aliphatic rings. The molecule has 0 bridgehead atoms. The summed E-state index contributed by atoms with van der Waals surface area (Å²) in [5, 5.41) is 24.3. The normalized spacial score (nSPS) is 12.6. The lowest BCUT2D eigenvalue weighted by molar-refractivity contribution is -0.141. The Balaban J connectivity index is 2.30. The van der Waals surface area contributed by atoms with Crippen LogP contribution in [0.4, 0.5) is 4.79 Å². The van der Waals surface area contributed by atoms with Crippen molar-refractivity contribution >= 4 is 17.9 Å². The number of amides is 3. The number of ether oxygens (including phenoxy) is 1. The fourth-order valence-electron chi connectivity index (χ4n) is 3.18. The summed E-state index contributed by atoms with van der Waals surface area (Å²) in [5.41, 5.74) is 0.500. The molecular weight excluding hydrogens is 436 g/mol. The highest BCUT2D eigenvalue weighted by Crippen LogP contribution is 2.24. The summed E-state index contributed by atoms with van der Waals surface area (Å²) in [5.74, 6) is -1.16. The van der Waals surface area contributed by atoms with E-state index < -0.39 is 42.1 Å². The zero-order chi connectivity index (χ0) is 25.3. The molecule has 0 aliphatic carbocycles. The Morgan fingerprint density at radius 1 is 1.09 bits per heavy atom. The van der Waals surface area contributed by atoms with Crippen LogP contribution in [0.2, 0.25) is 0 Å². The van der Waals surface area contributed by atoms with Crippen molar-refractivity contribution < 1.29 is 24.2 Å². The van der Waals surface area contributed by atoms with E-state index in [0.717, 1.165) is 10.5 Å². The van der Waals surface area contributed by atoms with Crippen molar-refractivity contribution in [2.24, 2.45) is 0 Å². The molecule has 0 fully saturated rings. The van der Waals surface area contributed by atoms with Crippen molar-refractivity contribution in [3.63, 3.8) is 0 Å². The summed E-state index contributed by atoms with van der Waals surface area (Å²) < 4.78 is 5.20. The SMILES string of the molecule is CC(NC(=O)OC(C)(C)C)C(=O)N(CC#N)C(C(=O)NCc1ccccc1)c1ccc(O)cc1. The lowest BCUT2D eigenvalue weighted by Gasteiger charge is -2.32. The molecule has 2 rings (SSSR count). The van der Waals surface area contributed by atoms with Crippen LogP contribution in [0.25, 0.3) is 0 Å². The maximum absolute atomic E-state index is 13.3. The van der Waals surface area contributed by atoms with Crippen molar-refractivity contribution in [1.29, 1.82) is 5.26 Å². The van der Waals surface area contributed by atoms with E-state index in [4.69, 9.17) is 4.74 Å². The molecule has 0 aliphatic heterocycles. The lowest BCUT2D eigenvalue weighted by atomic mass is 10.0. The van der Waals surface area contributed by atoms with Gasteiger partial charge in [-0.2, -0.15) is 5.26 Å². The third kappa shape index (κ3) is 7.81. The average molecular weight is 467 g/mol. The Morgan fingerprint density at radius 3 is 2.26 bits per heavy atom. The molecule has 34 heavy (non-hydrogen) atoms. The number of phenols is 1. The predicted molar refractivity (Wildman–Crippen MR) is 125 cm³/mol. The van der Waals surface area contributed by atoms with E-state index in [1.807, 2.05) is 36.4 Å². The molecule has 2 aromatic carbocycles. The zero-order valence-electron chi connectivity index (χ0n) is 19.7. The summed E-state index contributed by atoms with van der Waals surface area (Å²) in [7, 11) is 0. The number of nitrogens with zero attached hydrogens (tertiary/aromatic N) is 2. The first-order valence-electron chi connectivity index (χ1n) is 10.8. The third-order valence-corrected chi connectivity index (χ3v) is 4.71. The first-order valence-corrected chi connectivity index (χ1v) is 10.8. The number of aromatic hydroxyl groups is 1. The van der Waals surface area contributed by atoms with Gasteiger partial charge in [-0.05, 0) is 51.0 Å². The molecule has 0 aromatic heterocycles. The van der Waals surface area contributed by atoms with Crippen LogP contribution < -0.4 is 10.6 Å². The molecule has 2 aromatic rings. The molecule has 3 N–H and O–H groups in total. The summed E-state index contributed by atoms with van der Waals surface area (Å²) in [6, 6.07) is 14.7. The van der Waals surface area contributed by atoms with E-state index in [9.17, 15) is 24.8 Å². The van der Waals surface area contributed by atoms with Gasteiger partial charge >= 0.3 is 6.09 Å². The minimum absolute atomic E-state index is 0.00897. The maximum Gasteiger partial charge on any atom is 0.408 e. The molecular formula is C25H30N4O5. The molecule has 2 atom stereocenters. The number of nitriles is 1. The number of hydrogen-bond acceptors (Lipinski definition) is 6. The first kappa shape index (κ1) is 26.2. The standard InChI is InChI=1S/C25H30N4O5/c1-17(28-24(33)34-25(2,3)4)23(32)29(15-14-26)21(19-10-12-20(30)13-11-19)22(31)27-16-18-8-6-5-7-9-18/h5-13,17,21,30H,15-16H2,1-4H3,(H,27,31)(H,28,33). The highest BCUT2D eigenvalue weighted by Gasteiger charge is 2.34. The summed E-state index contributed by atoms with van der Waals surface area (Å²) >= 11 is 0. The molecule has 3 amide bonds. The van der Waals surface area contributed by atoms with E-state index in [1.54, 1.807) is 20.8 Å². The highest BCUT2D eigenvalue weighted by molar-refractivity contribution is 5.92. The highest BCUT2D eigenvalue weighted by atomic mass is 16.6. The van der Waals surface area contributed by atoms with Crippen LogP contribution in [0.1, 0.15) is 44.9 Å². The van der Waals surface area contributed by atoms with Crippen molar-refractivity contribution in [3.05, 3.63) is 65.7 Å². The van der Waals surface area contributed by atoms with Crippen molar-refractivity contribution in [2.45, 2.75) is 51.9 Å². The summed E-state index contributed by atoms with van der Waals surface area (Å²) in [6.07, 6.45) is -0.792. The Morgan fingerprint density at radius 2 is 1.71 bits per heavy atom. The zero-order valence-corrected chi connectivity index (χ0v) is 19.7. The Bertz CT molecular complexity index is 1030. The molecule has 9 heteroatoms. The first-order chi connectivity index (χ1) is 16.0. The second kappa shape index (κ2) is 11.7. The van der Waals surface area contributed by atoms with Crippen LogP contribution in [-0.2, 0) is 20.9 Å². The van der Waals surface area contributed by atoms with Crippen LogP contribution in [0.15, 0.2) is 54.6 Å². The Labute approximate surface area is 199 Å². The van der Waals surface area contributed by atoms with Gasteiger partial charge in [-0.1, -0.05) is 42.5 Å². The van der Waals surface area contributed by atoms with Crippen molar-refractivity contribution in [1.82, 2.24) is 15.5 Å². The Hall–Kier alpha value is -4.06. The molecule has 0 radical (unpaired) electrons. The van der Waals surface area contributed by atoms with E-state index >= 15 is 0 Å². The minimum atomic E-state index is -1.17. The maximum atomic E-state index is 13.3. The van der Waals surface area contributed by atoms with Crippen LogP contribution in [0.5, 0.6) is 5.75 Å². The molecule has 9 nitrogen and oxygen atoms in total. The number of rotatable bonds is 8. The van der Waals surface area contributed by atoms with E-state index in [0.29, 0.717) is 5.56 Å². The molecule has 0 spiro atoms. The number of hydrogen-bond donors (Lipinski definition) is 3. The number of benzene rings is 2. The monoisotopic (exact) mass is 466 g/mol. The fraction of sp³-hybridized carbons (Fsp3) is 0.360. The minimum Gasteiger partial charge on any atom is -0.508 e. The van der Waals surface area contributed by atoms with Gasteiger partial charge in [0.2, 0.25) is 11.8 Å². The number of nitrogens with one attached hydrogen (secondary N) is 2. The van der Waals surface area contributed by atoms with Crippen LogP contribution in [0.3, 0.4) is 0 Å². The number of alkyl carbamates (subject to hydrolysis) is 1. The molecule has 0 saturated heterocycles. The van der Waals surface area contributed by atoms with Gasteiger partial charge in [-0.25, -0.2) is 4.79 Å². The molecule has 0 heterocycles. The van der Waals surface area contributed by atoms with Crippen LogP contribution in [0, 0.1) is 11.3 Å². The van der Waals surface area contributed by atoms with Gasteiger partial charge in [0.05, 0.1) is 6.07 Å². The Kier molecular flexibility index (Phi) is 9.01. The van der Waals surface area contributed by atoms with Crippen LogP contribution >= 0.6 is 0 Å². The molecule has 2 unspecified atom stereocenters. The van der Waals surface area contributed by atoms with E-state index in [2.05, 4.69) is 10.6 Å². The van der Waals surface area contributed by atoms with Gasteiger partial charge in [-0.15, -0.1) is 0 Å².